The van der Waals surface area contributed by atoms with Gasteiger partial charge in [-0.25, -0.2) is 4.79 Å². The first-order valence-electron chi connectivity index (χ1n) is 5.41. The van der Waals surface area contributed by atoms with E-state index < -0.39 is 28.7 Å². The van der Waals surface area contributed by atoms with Gasteiger partial charge in [-0.3, -0.25) is 9.00 Å². The Hall–Kier alpha value is -0.950. The van der Waals surface area contributed by atoms with Crippen LogP contribution < -0.4 is 5.32 Å². The van der Waals surface area contributed by atoms with E-state index in [2.05, 4.69) is 5.32 Å². The molecule has 0 spiro atoms. The van der Waals surface area contributed by atoms with E-state index in [-0.39, 0.29) is 11.7 Å². The molecule has 0 saturated carbocycles. The molecular weight excluding hydrogens is 246 g/mol. The van der Waals surface area contributed by atoms with Gasteiger partial charge in [-0.05, 0) is 12.3 Å². The van der Waals surface area contributed by atoms with Crippen molar-refractivity contribution in [3.8, 4) is 0 Å². The van der Waals surface area contributed by atoms with Crippen LogP contribution in [-0.4, -0.2) is 52.0 Å². The van der Waals surface area contributed by atoms with E-state index in [0.29, 0.717) is 19.0 Å². The molecule has 0 radical (unpaired) electrons. The van der Waals surface area contributed by atoms with Crippen LogP contribution >= 0.6 is 0 Å². The average molecular weight is 263 g/mol. The van der Waals surface area contributed by atoms with E-state index >= 15 is 0 Å². The van der Waals surface area contributed by atoms with Crippen molar-refractivity contribution in [2.24, 2.45) is 5.92 Å². The molecule has 0 bridgehead atoms. The molecule has 6 nitrogen and oxygen atoms in total. The molecule has 98 valence electrons. The van der Waals surface area contributed by atoms with E-state index in [1.54, 1.807) is 0 Å². The Morgan fingerprint density at radius 1 is 1.59 bits per heavy atom. The maximum Gasteiger partial charge on any atom is 0.327 e. The normalized spacial score (nSPS) is 23.0. The third kappa shape index (κ3) is 5.27. The zero-order valence-corrected chi connectivity index (χ0v) is 10.5. The Morgan fingerprint density at radius 3 is 2.76 bits per heavy atom. The van der Waals surface area contributed by atoms with Crippen molar-refractivity contribution < 1.29 is 23.6 Å². The van der Waals surface area contributed by atoms with Gasteiger partial charge in [0.25, 0.3) is 0 Å². The molecular formula is C10H17NO5S. The lowest BCUT2D eigenvalue weighted by Crippen LogP contribution is -2.44. The van der Waals surface area contributed by atoms with Gasteiger partial charge < -0.3 is 15.2 Å². The second kappa shape index (κ2) is 6.70. The van der Waals surface area contributed by atoms with Gasteiger partial charge in [0.15, 0.2) is 0 Å². The van der Waals surface area contributed by atoms with Crippen LogP contribution in [0.25, 0.3) is 0 Å². The van der Waals surface area contributed by atoms with Gasteiger partial charge in [-0.1, -0.05) is 0 Å². The van der Waals surface area contributed by atoms with Gasteiger partial charge in [0, 0.05) is 30.1 Å². The van der Waals surface area contributed by atoms with Crippen molar-refractivity contribution in [3.63, 3.8) is 0 Å². The number of aliphatic carboxylic acids is 1. The van der Waals surface area contributed by atoms with Crippen LogP contribution in [0.2, 0.25) is 0 Å². The predicted molar refractivity (Wildman–Crippen MR) is 62.0 cm³/mol. The minimum absolute atomic E-state index is 0.0502. The zero-order valence-electron chi connectivity index (χ0n) is 9.68. The van der Waals surface area contributed by atoms with Crippen molar-refractivity contribution in [1.29, 1.82) is 0 Å². The van der Waals surface area contributed by atoms with Gasteiger partial charge in [-0.2, -0.15) is 0 Å². The first kappa shape index (κ1) is 14.1. The smallest absolute Gasteiger partial charge is 0.327 e. The molecule has 0 aliphatic carbocycles. The Morgan fingerprint density at radius 2 is 2.29 bits per heavy atom. The van der Waals surface area contributed by atoms with E-state index in [0.717, 1.165) is 6.42 Å². The first-order chi connectivity index (χ1) is 7.99. The molecule has 2 N–H and O–H groups in total. The molecule has 0 aromatic heterocycles. The van der Waals surface area contributed by atoms with Crippen LogP contribution in [0.4, 0.5) is 0 Å². The molecule has 3 atom stereocenters. The number of rotatable bonds is 6. The number of nitrogens with one attached hydrogen (secondary N) is 1. The van der Waals surface area contributed by atoms with Crippen molar-refractivity contribution in [2.75, 3.05) is 24.7 Å². The lowest BCUT2D eigenvalue weighted by atomic mass is 10.2. The summed E-state index contributed by atoms with van der Waals surface area (Å²) in [5.74, 6) is -0.966. The van der Waals surface area contributed by atoms with Crippen LogP contribution in [0.5, 0.6) is 0 Å². The number of carbonyl (C=O) groups is 2. The minimum Gasteiger partial charge on any atom is -0.480 e. The molecule has 1 aliphatic heterocycles. The fourth-order valence-corrected chi connectivity index (χ4v) is 3.17. The zero-order chi connectivity index (χ0) is 12.8. The van der Waals surface area contributed by atoms with Crippen molar-refractivity contribution in [3.05, 3.63) is 0 Å². The third-order valence-electron chi connectivity index (χ3n) is 2.47. The maximum atomic E-state index is 11.7. The minimum atomic E-state index is -1.25. The Balaban J connectivity index is 2.40. The van der Waals surface area contributed by atoms with Gasteiger partial charge in [0.2, 0.25) is 5.91 Å². The Kier molecular flexibility index (Phi) is 5.57. The van der Waals surface area contributed by atoms with Crippen molar-refractivity contribution in [1.82, 2.24) is 5.32 Å². The largest absolute Gasteiger partial charge is 0.480 e. The highest BCUT2D eigenvalue weighted by Crippen LogP contribution is 2.13. The standard InChI is InChI=1S/C10H17NO5S/c1-7(12)11-9(10(13)14)6-17(15)5-8-2-3-16-4-8/h8-9H,2-6H2,1H3,(H,11,12)(H,13,14). The predicted octanol–water partition coefficient (Wildman–Crippen LogP) is -0.639. The molecule has 1 rings (SSSR count). The fraction of sp³-hybridized carbons (Fsp3) is 0.800. The van der Waals surface area contributed by atoms with Crippen LogP contribution in [0.1, 0.15) is 13.3 Å². The molecule has 7 heteroatoms. The number of ether oxygens (including phenoxy) is 1. The van der Waals surface area contributed by atoms with Gasteiger partial charge in [-0.15, -0.1) is 0 Å². The lowest BCUT2D eigenvalue weighted by Gasteiger charge is -2.14. The average Bonchev–Trinajstić information content (AvgIpc) is 2.68. The fourth-order valence-electron chi connectivity index (χ4n) is 1.65. The summed E-state index contributed by atoms with van der Waals surface area (Å²) in [6, 6.07) is -1.07. The number of amides is 1. The topological polar surface area (TPSA) is 92.7 Å². The highest BCUT2D eigenvalue weighted by Gasteiger charge is 2.24. The number of carboxylic acid groups (broad SMARTS) is 1. The quantitative estimate of drug-likeness (QED) is 0.665. The molecule has 0 aromatic carbocycles. The summed E-state index contributed by atoms with van der Waals surface area (Å²) in [7, 11) is -1.25. The van der Waals surface area contributed by atoms with Crippen molar-refractivity contribution in [2.45, 2.75) is 19.4 Å². The van der Waals surface area contributed by atoms with Crippen LogP contribution in [-0.2, 0) is 25.1 Å². The monoisotopic (exact) mass is 263 g/mol. The van der Waals surface area contributed by atoms with Crippen molar-refractivity contribution >= 4 is 22.7 Å². The van der Waals surface area contributed by atoms with E-state index in [4.69, 9.17) is 9.84 Å². The van der Waals surface area contributed by atoms with Gasteiger partial charge >= 0.3 is 5.97 Å². The van der Waals surface area contributed by atoms with E-state index in [1.165, 1.54) is 6.92 Å². The number of hydrogen-bond donors (Lipinski definition) is 2. The lowest BCUT2D eigenvalue weighted by molar-refractivity contribution is -0.140. The molecule has 1 heterocycles. The molecule has 3 unspecified atom stereocenters. The summed E-state index contributed by atoms with van der Waals surface area (Å²) >= 11 is 0. The molecule has 1 fully saturated rings. The third-order valence-corrected chi connectivity index (χ3v) is 4.02. The highest BCUT2D eigenvalue weighted by molar-refractivity contribution is 7.85. The summed E-state index contributed by atoms with van der Waals surface area (Å²) in [5.41, 5.74) is 0. The summed E-state index contributed by atoms with van der Waals surface area (Å²) in [5, 5.41) is 11.1. The summed E-state index contributed by atoms with van der Waals surface area (Å²) in [6.07, 6.45) is 0.865. The SMILES string of the molecule is CC(=O)NC(CS(=O)CC1CCOC1)C(=O)O. The molecule has 0 aromatic rings. The van der Waals surface area contributed by atoms with Crippen LogP contribution in [0.3, 0.4) is 0 Å². The number of carbonyl (C=O) groups excluding carboxylic acids is 1. The Labute approximate surface area is 102 Å². The van der Waals surface area contributed by atoms with Crippen LogP contribution in [0, 0.1) is 5.92 Å². The maximum absolute atomic E-state index is 11.7. The van der Waals surface area contributed by atoms with E-state index in [1.807, 2.05) is 0 Å². The molecule has 1 saturated heterocycles. The van der Waals surface area contributed by atoms with E-state index in [9.17, 15) is 13.8 Å². The first-order valence-corrected chi connectivity index (χ1v) is 6.90. The molecule has 17 heavy (non-hydrogen) atoms. The number of hydrogen-bond acceptors (Lipinski definition) is 4. The Bertz CT molecular complexity index is 314. The van der Waals surface area contributed by atoms with Gasteiger partial charge in [0.05, 0.1) is 12.4 Å². The second-order valence-electron chi connectivity index (χ2n) is 4.09. The van der Waals surface area contributed by atoms with Crippen LogP contribution in [0.15, 0.2) is 0 Å². The second-order valence-corrected chi connectivity index (χ2v) is 5.64. The summed E-state index contributed by atoms with van der Waals surface area (Å²) in [4.78, 5) is 21.6. The number of carboxylic acids is 1. The molecule has 1 aliphatic rings. The summed E-state index contributed by atoms with van der Waals surface area (Å²) < 4.78 is 16.9. The van der Waals surface area contributed by atoms with Gasteiger partial charge in [0.1, 0.15) is 6.04 Å². The highest BCUT2D eigenvalue weighted by atomic mass is 32.2. The summed E-state index contributed by atoms with van der Waals surface area (Å²) in [6.45, 7) is 2.50. The molecule has 1 amide bonds.